The van der Waals surface area contributed by atoms with Crippen molar-refractivity contribution in [2.45, 2.75) is 51.1 Å². The van der Waals surface area contributed by atoms with Crippen LogP contribution in [-0.4, -0.2) is 11.6 Å². The topological polar surface area (TPSA) is 35.8 Å². The van der Waals surface area contributed by atoms with E-state index in [1.807, 2.05) is 0 Å². The molecule has 2 rings (SSSR count). The summed E-state index contributed by atoms with van der Waals surface area (Å²) in [5.41, 5.74) is -0.0154. The Morgan fingerprint density at radius 3 is 2.42 bits per heavy atom. The van der Waals surface area contributed by atoms with Crippen molar-refractivity contribution in [1.29, 1.82) is 5.26 Å². The molecular weight excluding hydrogens is 148 g/mol. The molecule has 0 radical (unpaired) electrons. The van der Waals surface area contributed by atoms with Crippen LogP contribution in [0.15, 0.2) is 0 Å². The molecule has 0 heterocycles. The lowest BCUT2D eigenvalue weighted by Crippen LogP contribution is -2.49. The lowest BCUT2D eigenvalue weighted by molar-refractivity contribution is 0.293. The molecule has 1 unspecified atom stereocenters. The van der Waals surface area contributed by atoms with E-state index in [1.165, 1.54) is 25.7 Å². The highest BCUT2D eigenvalue weighted by molar-refractivity contribution is 5.20. The van der Waals surface area contributed by atoms with Crippen molar-refractivity contribution in [3.63, 3.8) is 0 Å². The van der Waals surface area contributed by atoms with Crippen LogP contribution in [0, 0.1) is 16.7 Å². The second-order valence-corrected chi connectivity index (χ2v) is 4.72. The summed E-state index contributed by atoms with van der Waals surface area (Å²) in [5.74, 6) is 0. The zero-order chi connectivity index (χ0) is 8.82. The molecule has 1 atom stereocenters. The Morgan fingerprint density at radius 2 is 2.08 bits per heavy atom. The molecule has 2 saturated carbocycles. The Labute approximate surface area is 74.0 Å². The first kappa shape index (κ1) is 8.07. The Morgan fingerprint density at radius 1 is 1.50 bits per heavy atom. The fourth-order valence-corrected chi connectivity index (χ4v) is 1.66. The van der Waals surface area contributed by atoms with Gasteiger partial charge in [-0.25, -0.2) is 0 Å². The Bertz CT molecular complexity index is 233. The van der Waals surface area contributed by atoms with Crippen LogP contribution in [0.5, 0.6) is 0 Å². The minimum atomic E-state index is -0.270. The quantitative estimate of drug-likeness (QED) is 0.690. The highest BCUT2D eigenvalue weighted by atomic mass is 15.1. The standard InChI is InChI=1S/C10H16N2/c1-9(5-6-9)10(2,7-11)12-8-3-4-8/h8,12H,3-6H2,1-2H3. The lowest BCUT2D eigenvalue weighted by Gasteiger charge is -2.30. The molecule has 0 amide bonds. The van der Waals surface area contributed by atoms with Crippen molar-refractivity contribution in [2.24, 2.45) is 5.41 Å². The molecule has 0 bridgehead atoms. The average Bonchev–Trinajstić information content (AvgIpc) is 2.88. The van der Waals surface area contributed by atoms with E-state index >= 15 is 0 Å². The molecule has 0 aromatic rings. The van der Waals surface area contributed by atoms with Crippen LogP contribution >= 0.6 is 0 Å². The maximum absolute atomic E-state index is 9.13. The summed E-state index contributed by atoms with van der Waals surface area (Å²) in [4.78, 5) is 0. The van der Waals surface area contributed by atoms with Crippen LogP contribution in [0.2, 0.25) is 0 Å². The van der Waals surface area contributed by atoms with Crippen molar-refractivity contribution in [1.82, 2.24) is 5.32 Å². The van der Waals surface area contributed by atoms with Crippen LogP contribution in [-0.2, 0) is 0 Å². The second kappa shape index (κ2) is 2.23. The molecule has 12 heavy (non-hydrogen) atoms. The van der Waals surface area contributed by atoms with Crippen LogP contribution in [0.3, 0.4) is 0 Å². The molecule has 1 N–H and O–H groups in total. The molecule has 2 fully saturated rings. The zero-order valence-corrected chi connectivity index (χ0v) is 7.85. The van der Waals surface area contributed by atoms with Gasteiger partial charge in [0.05, 0.1) is 6.07 Å². The first-order chi connectivity index (χ1) is 5.60. The van der Waals surface area contributed by atoms with Gasteiger partial charge in [-0.05, 0) is 38.0 Å². The van der Waals surface area contributed by atoms with Gasteiger partial charge in [0.25, 0.3) is 0 Å². The van der Waals surface area contributed by atoms with Gasteiger partial charge < -0.3 is 0 Å². The first-order valence-electron chi connectivity index (χ1n) is 4.79. The third-order valence-electron chi connectivity index (χ3n) is 3.50. The number of hydrogen-bond acceptors (Lipinski definition) is 2. The maximum Gasteiger partial charge on any atom is 0.109 e. The van der Waals surface area contributed by atoms with Crippen molar-refractivity contribution >= 4 is 0 Å². The molecule has 66 valence electrons. The van der Waals surface area contributed by atoms with Crippen LogP contribution in [0.1, 0.15) is 39.5 Å². The van der Waals surface area contributed by atoms with E-state index in [2.05, 4.69) is 25.2 Å². The zero-order valence-electron chi connectivity index (χ0n) is 7.85. The predicted octanol–water partition coefficient (Wildman–Crippen LogP) is 1.82. The largest absolute Gasteiger partial charge is 0.296 e. The fraction of sp³-hybridized carbons (Fsp3) is 0.900. The number of nitrogens with zero attached hydrogens (tertiary/aromatic N) is 1. The molecule has 0 spiro atoms. The van der Waals surface area contributed by atoms with E-state index in [4.69, 9.17) is 5.26 Å². The lowest BCUT2D eigenvalue weighted by atomic mass is 9.85. The second-order valence-electron chi connectivity index (χ2n) is 4.72. The smallest absolute Gasteiger partial charge is 0.109 e. The average molecular weight is 164 g/mol. The maximum atomic E-state index is 9.13. The van der Waals surface area contributed by atoms with Gasteiger partial charge in [0, 0.05) is 6.04 Å². The Balaban J connectivity index is 2.07. The number of rotatable bonds is 3. The van der Waals surface area contributed by atoms with Crippen molar-refractivity contribution < 1.29 is 0 Å². The van der Waals surface area contributed by atoms with Crippen LogP contribution in [0.4, 0.5) is 0 Å². The van der Waals surface area contributed by atoms with Gasteiger partial charge in [-0.15, -0.1) is 0 Å². The molecule has 0 aliphatic heterocycles. The van der Waals surface area contributed by atoms with Gasteiger partial charge >= 0.3 is 0 Å². The van der Waals surface area contributed by atoms with Gasteiger partial charge in [-0.3, -0.25) is 5.32 Å². The van der Waals surface area contributed by atoms with Crippen LogP contribution in [0.25, 0.3) is 0 Å². The normalized spacial score (nSPS) is 30.4. The third-order valence-corrected chi connectivity index (χ3v) is 3.50. The Kier molecular flexibility index (Phi) is 1.50. The van der Waals surface area contributed by atoms with E-state index in [9.17, 15) is 0 Å². The summed E-state index contributed by atoms with van der Waals surface area (Å²) in [6, 6.07) is 3.07. The predicted molar refractivity (Wildman–Crippen MR) is 47.5 cm³/mol. The monoisotopic (exact) mass is 164 g/mol. The van der Waals surface area contributed by atoms with Crippen molar-refractivity contribution in [2.75, 3.05) is 0 Å². The molecule has 2 aliphatic rings. The minimum Gasteiger partial charge on any atom is -0.296 e. The summed E-state index contributed by atoms with van der Waals surface area (Å²) >= 11 is 0. The van der Waals surface area contributed by atoms with Gasteiger partial charge in [0.15, 0.2) is 0 Å². The molecule has 0 aromatic carbocycles. The van der Waals surface area contributed by atoms with Gasteiger partial charge in [-0.2, -0.15) is 5.26 Å². The van der Waals surface area contributed by atoms with Gasteiger partial charge in [0.1, 0.15) is 5.54 Å². The summed E-state index contributed by atoms with van der Waals surface area (Å²) in [6.07, 6.45) is 4.92. The summed E-state index contributed by atoms with van der Waals surface area (Å²) in [5, 5.41) is 12.6. The van der Waals surface area contributed by atoms with E-state index in [1.54, 1.807) is 0 Å². The highest BCUT2D eigenvalue weighted by Gasteiger charge is 2.54. The first-order valence-corrected chi connectivity index (χ1v) is 4.79. The number of hydrogen-bond donors (Lipinski definition) is 1. The highest BCUT2D eigenvalue weighted by Crippen LogP contribution is 2.54. The SMILES string of the molecule is CC1(C(C)(C#N)NC2CC2)CC1. The number of nitrogens with one attached hydrogen (secondary N) is 1. The fourth-order valence-electron chi connectivity index (χ4n) is 1.66. The van der Waals surface area contributed by atoms with Gasteiger partial charge in [0.2, 0.25) is 0 Å². The van der Waals surface area contributed by atoms with E-state index in [0.29, 0.717) is 6.04 Å². The minimum absolute atomic E-state index is 0.254. The van der Waals surface area contributed by atoms with E-state index < -0.39 is 0 Å². The molecular formula is C10H16N2. The van der Waals surface area contributed by atoms with Crippen molar-refractivity contribution in [3.8, 4) is 6.07 Å². The van der Waals surface area contributed by atoms with Crippen molar-refractivity contribution in [3.05, 3.63) is 0 Å². The molecule has 0 saturated heterocycles. The molecule has 2 heteroatoms. The van der Waals surface area contributed by atoms with E-state index in [-0.39, 0.29) is 11.0 Å². The number of nitriles is 1. The van der Waals surface area contributed by atoms with Crippen LogP contribution < -0.4 is 5.32 Å². The summed E-state index contributed by atoms with van der Waals surface area (Å²) in [6.45, 7) is 4.27. The van der Waals surface area contributed by atoms with Gasteiger partial charge in [-0.1, -0.05) is 6.92 Å². The molecule has 2 nitrogen and oxygen atoms in total. The molecule has 0 aromatic heterocycles. The molecule has 2 aliphatic carbocycles. The third kappa shape index (κ3) is 1.13. The summed E-state index contributed by atoms with van der Waals surface area (Å²) in [7, 11) is 0. The summed E-state index contributed by atoms with van der Waals surface area (Å²) < 4.78 is 0. The van der Waals surface area contributed by atoms with E-state index in [0.717, 1.165) is 0 Å². The Hall–Kier alpha value is -0.550.